The van der Waals surface area contributed by atoms with Gasteiger partial charge in [-0.2, -0.15) is 5.26 Å². The smallest absolute Gasteiger partial charge is 0.246 e. The van der Waals surface area contributed by atoms with Gasteiger partial charge in [0.25, 0.3) is 0 Å². The lowest BCUT2D eigenvalue weighted by Crippen LogP contribution is -2.62. The number of nitriles is 1. The van der Waals surface area contributed by atoms with E-state index in [9.17, 15) is 14.9 Å². The molecule has 1 spiro atoms. The van der Waals surface area contributed by atoms with Crippen LogP contribution >= 0.6 is 12.2 Å². The zero-order chi connectivity index (χ0) is 18.8. The molecule has 6 heteroatoms. The molecule has 2 N–H and O–H groups in total. The fourth-order valence-electron chi connectivity index (χ4n) is 4.34. The second-order valence-corrected chi connectivity index (χ2v) is 7.32. The molecule has 5 nitrogen and oxygen atoms in total. The lowest BCUT2D eigenvalue weighted by Gasteiger charge is -2.51. The van der Waals surface area contributed by atoms with Crippen molar-refractivity contribution < 1.29 is 9.59 Å². The zero-order valence-electron chi connectivity index (χ0n) is 14.3. The molecule has 1 aromatic carbocycles. The molecular formula is C20H19N3O2S. The molecule has 132 valence electrons. The first-order chi connectivity index (χ1) is 12.5. The second kappa shape index (κ2) is 6.95. The maximum Gasteiger partial charge on any atom is 0.246 e. The average molecular weight is 365 g/mol. The highest BCUT2D eigenvalue weighted by Crippen LogP contribution is 2.58. The summed E-state index contributed by atoms with van der Waals surface area (Å²) in [6.07, 6.45) is 3.52. The van der Waals surface area contributed by atoms with E-state index in [0.29, 0.717) is 24.0 Å². The summed E-state index contributed by atoms with van der Waals surface area (Å²) in [4.78, 5) is 26.0. The molecule has 1 heterocycles. The largest absolute Gasteiger partial charge is 0.315 e. The Morgan fingerprint density at radius 3 is 2.46 bits per heavy atom. The number of benzene rings is 1. The van der Waals surface area contributed by atoms with E-state index in [2.05, 4.69) is 17.3 Å². The number of piperidine rings is 1. The molecule has 0 bridgehead atoms. The van der Waals surface area contributed by atoms with Crippen LogP contribution in [0.3, 0.4) is 0 Å². The summed E-state index contributed by atoms with van der Waals surface area (Å²) in [6.45, 7) is 0. The van der Waals surface area contributed by atoms with Crippen LogP contribution in [-0.4, -0.2) is 22.5 Å². The van der Waals surface area contributed by atoms with Crippen LogP contribution in [0.15, 0.2) is 35.9 Å². The first-order valence-electron chi connectivity index (χ1n) is 8.66. The number of thiocarbonyl (C=S) groups is 1. The molecule has 26 heavy (non-hydrogen) atoms. The Morgan fingerprint density at radius 2 is 1.88 bits per heavy atom. The van der Waals surface area contributed by atoms with Gasteiger partial charge < -0.3 is 5.32 Å². The van der Waals surface area contributed by atoms with Gasteiger partial charge in [-0.05, 0) is 18.7 Å². The molecule has 1 aromatic rings. The Morgan fingerprint density at radius 1 is 1.23 bits per heavy atom. The van der Waals surface area contributed by atoms with Crippen molar-refractivity contribution >= 4 is 34.8 Å². The number of carbonyl (C=O) groups is 2. The number of nitrogens with one attached hydrogen (secondary N) is 2. The van der Waals surface area contributed by atoms with E-state index in [4.69, 9.17) is 17.6 Å². The molecule has 0 radical (unpaired) electrons. The van der Waals surface area contributed by atoms with E-state index < -0.39 is 16.7 Å². The summed E-state index contributed by atoms with van der Waals surface area (Å²) >= 11 is 5.27. The van der Waals surface area contributed by atoms with Gasteiger partial charge in [-0.25, -0.2) is 0 Å². The van der Waals surface area contributed by atoms with Crippen molar-refractivity contribution in [3.8, 4) is 6.07 Å². The van der Waals surface area contributed by atoms with E-state index >= 15 is 0 Å². The lowest BCUT2D eigenvalue weighted by atomic mass is 9.51. The third-order valence-corrected chi connectivity index (χ3v) is 5.99. The highest BCUT2D eigenvalue weighted by Gasteiger charge is 2.63. The summed E-state index contributed by atoms with van der Waals surface area (Å²) in [5.41, 5.74) is -1.65. The van der Waals surface area contributed by atoms with Gasteiger partial charge in [0.05, 0.1) is 11.6 Å². The number of rotatable bonds is 3. The summed E-state index contributed by atoms with van der Waals surface area (Å²) in [7, 11) is 0. The van der Waals surface area contributed by atoms with Crippen molar-refractivity contribution in [3.63, 3.8) is 0 Å². The molecule has 3 rings (SSSR count). The molecule has 2 aliphatic rings. The third kappa shape index (κ3) is 2.61. The summed E-state index contributed by atoms with van der Waals surface area (Å²) in [5, 5.41) is 20.4. The molecule has 0 aromatic heterocycles. The van der Waals surface area contributed by atoms with Crippen LogP contribution in [0, 0.1) is 27.6 Å². The molecule has 1 aliphatic heterocycles. The molecule has 1 saturated carbocycles. The minimum Gasteiger partial charge on any atom is -0.315 e. The van der Waals surface area contributed by atoms with E-state index in [-0.39, 0.29) is 17.2 Å². The SMILES string of the molecule is N#CC1(CC(=O)c2ccccc2)C(=O)NC(=S)C(=C=N)C12CCCCC2. The van der Waals surface area contributed by atoms with Gasteiger partial charge in [0.2, 0.25) is 5.91 Å². The number of hydrogen-bond donors (Lipinski definition) is 2. The van der Waals surface area contributed by atoms with E-state index in [1.165, 1.54) is 0 Å². The highest BCUT2D eigenvalue weighted by atomic mass is 32.1. The molecule has 1 amide bonds. The second-order valence-electron chi connectivity index (χ2n) is 6.91. The van der Waals surface area contributed by atoms with Crippen LogP contribution < -0.4 is 5.32 Å². The first kappa shape index (κ1) is 18.2. The lowest BCUT2D eigenvalue weighted by molar-refractivity contribution is -0.134. The Labute approximate surface area is 157 Å². The summed E-state index contributed by atoms with van der Waals surface area (Å²) in [5.74, 6) is 1.59. The van der Waals surface area contributed by atoms with Gasteiger partial charge in [-0.1, -0.05) is 61.8 Å². The summed E-state index contributed by atoms with van der Waals surface area (Å²) < 4.78 is 0. The predicted octanol–water partition coefficient (Wildman–Crippen LogP) is 3.35. The van der Waals surface area contributed by atoms with Crippen molar-refractivity contribution in [1.29, 1.82) is 10.7 Å². The molecule has 1 aliphatic carbocycles. The van der Waals surface area contributed by atoms with E-state index in [0.717, 1.165) is 19.3 Å². The van der Waals surface area contributed by atoms with Crippen molar-refractivity contribution in [2.75, 3.05) is 0 Å². The van der Waals surface area contributed by atoms with Crippen LogP contribution in [0.1, 0.15) is 48.9 Å². The van der Waals surface area contributed by atoms with Gasteiger partial charge >= 0.3 is 0 Å². The number of hydrogen-bond acceptors (Lipinski definition) is 5. The minimum atomic E-state index is -1.58. The van der Waals surface area contributed by atoms with Crippen molar-refractivity contribution in [3.05, 3.63) is 41.5 Å². The monoisotopic (exact) mass is 365 g/mol. The molecular weight excluding hydrogens is 346 g/mol. The van der Waals surface area contributed by atoms with Crippen LogP contribution in [0.25, 0.3) is 0 Å². The standard InChI is InChI=1S/C20H19N3O2S/c21-12-15-17(26)23-18(25)20(13-22,19(15)9-5-2-6-10-19)11-16(24)14-7-3-1-4-8-14/h1,3-4,7-8,21H,2,5-6,9-11H2,(H,23,25,26). The van der Waals surface area contributed by atoms with Gasteiger partial charge in [0.15, 0.2) is 11.2 Å². The number of nitrogens with zero attached hydrogens (tertiary/aromatic N) is 1. The van der Waals surface area contributed by atoms with Gasteiger partial charge in [0.1, 0.15) is 4.99 Å². The Hall–Kier alpha value is -2.61. The van der Waals surface area contributed by atoms with Crippen molar-refractivity contribution in [2.24, 2.45) is 10.8 Å². The van der Waals surface area contributed by atoms with Crippen LogP contribution in [0.4, 0.5) is 0 Å². The number of Topliss-reactive ketones (excluding diaryl/α,β-unsaturated/α-hetero) is 1. The first-order valence-corrected chi connectivity index (χ1v) is 9.07. The van der Waals surface area contributed by atoms with Crippen molar-refractivity contribution in [1.82, 2.24) is 5.32 Å². The Kier molecular flexibility index (Phi) is 4.86. The quantitative estimate of drug-likeness (QED) is 0.372. The van der Waals surface area contributed by atoms with Gasteiger partial charge in [-0.3, -0.25) is 15.0 Å². The summed E-state index contributed by atoms with van der Waals surface area (Å²) in [6, 6.07) is 10.8. The third-order valence-electron chi connectivity index (χ3n) is 5.68. The van der Waals surface area contributed by atoms with Gasteiger partial charge in [-0.15, -0.1) is 0 Å². The Bertz CT molecular complexity index is 859. The van der Waals surface area contributed by atoms with Crippen LogP contribution in [0.5, 0.6) is 0 Å². The number of ketones is 1. The average Bonchev–Trinajstić information content (AvgIpc) is 2.67. The van der Waals surface area contributed by atoms with E-state index in [1.807, 2.05) is 0 Å². The number of amides is 1. The Balaban J connectivity index is 2.13. The van der Waals surface area contributed by atoms with Crippen LogP contribution in [0.2, 0.25) is 0 Å². The fraction of sp³-hybridized carbons (Fsp3) is 0.400. The van der Waals surface area contributed by atoms with E-state index in [1.54, 1.807) is 30.3 Å². The molecule has 1 atom stereocenters. The molecule has 2 fully saturated rings. The highest BCUT2D eigenvalue weighted by molar-refractivity contribution is 7.80. The molecule has 1 unspecified atom stereocenters. The maximum absolute atomic E-state index is 13.0. The topological polar surface area (TPSA) is 93.8 Å². The van der Waals surface area contributed by atoms with Crippen molar-refractivity contribution in [2.45, 2.75) is 38.5 Å². The van der Waals surface area contributed by atoms with Gasteiger partial charge in [0, 0.05) is 17.4 Å². The number of carbonyl (C=O) groups excluding carboxylic acids is 2. The van der Waals surface area contributed by atoms with Crippen LogP contribution in [-0.2, 0) is 4.79 Å². The zero-order valence-corrected chi connectivity index (χ0v) is 15.1. The minimum absolute atomic E-state index is 0.157. The normalized spacial score (nSPS) is 24.5. The fourth-order valence-corrected chi connectivity index (χ4v) is 4.68. The maximum atomic E-state index is 13.0. The predicted molar refractivity (Wildman–Crippen MR) is 101 cm³/mol. The molecule has 1 saturated heterocycles.